The van der Waals surface area contributed by atoms with Crippen molar-refractivity contribution in [3.63, 3.8) is 0 Å². The van der Waals surface area contributed by atoms with Gasteiger partial charge in [0, 0.05) is 5.41 Å². The quantitative estimate of drug-likeness (QED) is 0.738. The molecular formula is C23H36O2. The molecule has 5 unspecified atom stereocenters. The largest absolute Gasteiger partial charge is 0.389 e. The Hall–Kier alpha value is -0.630. The van der Waals surface area contributed by atoms with Crippen molar-refractivity contribution in [3.05, 3.63) is 11.6 Å². The lowest BCUT2D eigenvalue weighted by molar-refractivity contribution is -0.130. The summed E-state index contributed by atoms with van der Waals surface area (Å²) in [6.07, 6.45) is 12.1. The molecule has 4 aliphatic rings. The van der Waals surface area contributed by atoms with E-state index in [0.29, 0.717) is 17.6 Å². The fraction of sp³-hybridized carbons (Fsp3) is 0.870. The Bertz CT molecular complexity index is 603. The minimum Gasteiger partial charge on any atom is -0.389 e. The van der Waals surface area contributed by atoms with Crippen molar-refractivity contribution in [2.45, 2.75) is 91.1 Å². The Balaban J connectivity index is 1.63. The molecule has 4 aliphatic carbocycles. The lowest BCUT2D eigenvalue weighted by atomic mass is 9.49. The highest BCUT2D eigenvalue weighted by Crippen LogP contribution is 2.66. The SMILES string of the molecule is CCC[C@]1(O)CCC2C3CCC4=CC(=O)C(C)(C)CC4C3CCC21C. The first-order valence-corrected chi connectivity index (χ1v) is 10.7. The van der Waals surface area contributed by atoms with Crippen LogP contribution in [0.3, 0.4) is 0 Å². The third-order valence-corrected chi connectivity index (χ3v) is 8.95. The Morgan fingerprint density at radius 1 is 1.12 bits per heavy atom. The van der Waals surface area contributed by atoms with Crippen molar-refractivity contribution in [2.75, 3.05) is 0 Å². The van der Waals surface area contributed by atoms with E-state index in [1.807, 2.05) is 6.08 Å². The molecule has 140 valence electrons. The maximum absolute atomic E-state index is 12.4. The van der Waals surface area contributed by atoms with Crippen molar-refractivity contribution < 1.29 is 9.90 Å². The van der Waals surface area contributed by atoms with Crippen LogP contribution in [0, 0.1) is 34.5 Å². The standard InChI is InChI=1S/C23H36O2/c1-5-10-23(25)12-9-19-17-7-6-15-13-20(24)21(2,3)14-18(15)16(17)8-11-22(19,23)4/h13,16-19,25H,5-12,14H2,1-4H3/t16?,17?,18?,19?,22?,23-/m0/s1. The van der Waals surface area contributed by atoms with Gasteiger partial charge in [-0.05, 0) is 86.5 Å². The fourth-order valence-electron chi connectivity index (χ4n) is 7.44. The second kappa shape index (κ2) is 5.68. The zero-order valence-electron chi connectivity index (χ0n) is 16.6. The van der Waals surface area contributed by atoms with Crippen molar-refractivity contribution in [1.82, 2.24) is 0 Å². The van der Waals surface area contributed by atoms with Crippen molar-refractivity contribution in [2.24, 2.45) is 34.5 Å². The number of fused-ring (bicyclic) bond motifs is 5. The van der Waals surface area contributed by atoms with Gasteiger partial charge >= 0.3 is 0 Å². The smallest absolute Gasteiger partial charge is 0.161 e. The highest BCUT2D eigenvalue weighted by molar-refractivity contribution is 5.96. The molecule has 6 atom stereocenters. The molecule has 0 amide bonds. The molecule has 0 aromatic heterocycles. The molecule has 2 nitrogen and oxygen atoms in total. The molecule has 3 fully saturated rings. The van der Waals surface area contributed by atoms with Crippen LogP contribution in [-0.4, -0.2) is 16.5 Å². The zero-order chi connectivity index (χ0) is 18.0. The molecule has 2 heteroatoms. The number of ketones is 1. The number of aliphatic hydroxyl groups is 1. The van der Waals surface area contributed by atoms with E-state index in [1.165, 1.54) is 31.3 Å². The van der Waals surface area contributed by atoms with Crippen LogP contribution in [0.25, 0.3) is 0 Å². The summed E-state index contributed by atoms with van der Waals surface area (Å²) in [7, 11) is 0. The lowest BCUT2D eigenvalue weighted by Gasteiger charge is -2.56. The van der Waals surface area contributed by atoms with Gasteiger partial charge in [0.05, 0.1) is 5.60 Å². The Kier molecular flexibility index (Phi) is 4.04. The third kappa shape index (κ3) is 2.42. The van der Waals surface area contributed by atoms with Gasteiger partial charge in [-0.2, -0.15) is 0 Å². The van der Waals surface area contributed by atoms with E-state index in [1.54, 1.807) is 0 Å². The number of hydrogen-bond acceptors (Lipinski definition) is 2. The van der Waals surface area contributed by atoms with Gasteiger partial charge in [0.1, 0.15) is 0 Å². The Morgan fingerprint density at radius 3 is 2.60 bits per heavy atom. The predicted molar refractivity (Wildman–Crippen MR) is 101 cm³/mol. The average molecular weight is 345 g/mol. The first kappa shape index (κ1) is 17.8. The van der Waals surface area contributed by atoms with E-state index in [4.69, 9.17) is 0 Å². The van der Waals surface area contributed by atoms with Crippen molar-refractivity contribution in [3.8, 4) is 0 Å². The highest BCUT2D eigenvalue weighted by atomic mass is 16.3. The predicted octanol–water partition coefficient (Wildman–Crippen LogP) is 5.30. The van der Waals surface area contributed by atoms with Crippen LogP contribution in [0.1, 0.15) is 85.5 Å². The third-order valence-electron chi connectivity index (χ3n) is 8.95. The van der Waals surface area contributed by atoms with Crippen LogP contribution in [0.2, 0.25) is 0 Å². The van der Waals surface area contributed by atoms with E-state index >= 15 is 0 Å². The molecule has 4 rings (SSSR count). The summed E-state index contributed by atoms with van der Waals surface area (Å²) in [6, 6.07) is 0. The molecule has 0 aromatic carbocycles. The summed E-state index contributed by atoms with van der Waals surface area (Å²) in [6.45, 7) is 8.87. The molecule has 1 N–H and O–H groups in total. The van der Waals surface area contributed by atoms with E-state index < -0.39 is 5.60 Å². The van der Waals surface area contributed by atoms with Gasteiger partial charge in [0.2, 0.25) is 0 Å². The van der Waals surface area contributed by atoms with Crippen LogP contribution in [0.4, 0.5) is 0 Å². The van der Waals surface area contributed by atoms with Crippen LogP contribution in [0.15, 0.2) is 11.6 Å². The normalized spacial score (nSPS) is 48.4. The molecule has 0 aliphatic heterocycles. The van der Waals surface area contributed by atoms with Crippen LogP contribution in [0.5, 0.6) is 0 Å². The van der Waals surface area contributed by atoms with E-state index in [9.17, 15) is 9.90 Å². The van der Waals surface area contributed by atoms with Gasteiger partial charge in [-0.1, -0.05) is 39.7 Å². The van der Waals surface area contributed by atoms with Gasteiger partial charge in [-0.3, -0.25) is 4.79 Å². The molecule has 3 saturated carbocycles. The maximum Gasteiger partial charge on any atom is 0.161 e. The number of carbonyl (C=O) groups is 1. The molecule has 0 bridgehead atoms. The second-order valence-electron chi connectivity index (χ2n) is 10.5. The number of carbonyl (C=O) groups excluding carboxylic acids is 1. The Labute approximate surface area is 153 Å². The first-order valence-electron chi connectivity index (χ1n) is 10.7. The number of hydrogen-bond donors (Lipinski definition) is 1. The molecule has 0 aromatic rings. The van der Waals surface area contributed by atoms with Crippen LogP contribution in [-0.2, 0) is 4.79 Å². The summed E-state index contributed by atoms with van der Waals surface area (Å²) in [5.74, 6) is 3.15. The average Bonchev–Trinajstić information content (AvgIpc) is 2.80. The summed E-state index contributed by atoms with van der Waals surface area (Å²) in [5.41, 5.74) is 0.951. The van der Waals surface area contributed by atoms with Gasteiger partial charge in [-0.15, -0.1) is 0 Å². The second-order valence-corrected chi connectivity index (χ2v) is 10.5. The van der Waals surface area contributed by atoms with Gasteiger partial charge < -0.3 is 5.11 Å². The Morgan fingerprint density at radius 2 is 1.88 bits per heavy atom. The fourth-order valence-corrected chi connectivity index (χ4v) is 7.44. The number of rotatable bonds is 2. The van der Waals surface area contributed by atoms with Crippen LogP contribution >= 0.6 is 0 Å². The van der Waals surface area contributed by atoms with Crippen molar-refractivity contribution in [1.29, 1.82) is 0 Å². The summed E-state index contributed by atoms with van der Waals surface area (Å²) < 4.78 is 0. The van der Waals surface area contributed by atoms with E-state index in [2.05, 4.69) is 27.7 Å². The highest BCUT2D eigenvalue weighted by Gasteiger charge is 2.62. The molecule has 0 heterocycles. The lowest BCUT2D eigenvalue weighted by Crippen LogP contribution is -2.53. The minimum absolute atomic E-state index is 0.116. The van der Waals surface area contributed by atoms with E-state index in [-0.39, 0.29) is 10.8 Å². The van der Waals surface area contributed by atoms with Crippen molar-refractivity contribution >= 4 is 5.78 Å². The summed E-state index contributed by atoms with van der Waals surface area (Å²) in [4.78, 5) is 12.4. The summed E-state index contributed by atoms with van der Waals surface area (Å²) in [5, 5.41) is 11.4. The first-order chi connectivity index (χ1) is 11.7. The maximum atomic E-state index is 12.4. The summed E-state index contributed by atoms with van der Waals surface area (Å²) >= 11 is 0. The molecule has 0 spiro atoms. The molecular weight excluding hydrogens is 308 g/mol. The van der Waals surface area contributed by atoms with Gasteiger partial charge in [0.25, 0.3) is 0 Å². The topological polar surface area (TPSA) is 37.3 Å². The molecule has 0 saturated heterocycles. The van der Waals surface area contributed by atoms with E-state index in [0.717, 1.165) is 43.9 Å². The monoisotopic (exact) mass is 344 g/mol. The van der Waals surface area contributed by atoms with Gasteiger partial charge in [0.15, 0.2) is 5.78 Å². The molecule has 25 heavy (non-hydrogen) atoms. The molecule has 0 radical (unpaired) electrons. The minimum atomic E-state index is -0.435. The zero-order valence-corrected chi connectivity index (χ0v) is 16.6. The number of allylic oxidation sites excluding steroid dienone is 1. The van der Waals surface area contributed by atoms with Gasteiger partial charge in [-0.25, -0.2) is 0 Å². The van der Waals surface area contributed by atoms with Crippen LogP contribution < -0.4 is 0 Å².